The average molecular weight is 393 g/mol. The van der Waals surface area contributed by atoms with Crippen molar-refractivity contribution >= 4 is 23.6 Å². The van der Waals surface area contributed by atoms with Crippen molar-refractivity contribution in [2.24, 2.45) is 0 Å². The molecular weight excluding hydrogens is 373 g/mol. The molecule has 1 amide bonds. The summed E-state index contributed by atoms with van der Waals surface area (Å²) in [5, 5.41) is 6.71. The molecule has 2 aromatic carbocycles. The average Bonchev–Trinajstić information content (AvgIpc) is 3.16. The Labute approximate surface area is 167 Å². The summed E-state index contributed by atoms with van der Waals surface area (Å²) in [7, 11) is 0. The normalized spacial score (nSPS) is 10.8. The SMILES string of the molecule is Cc1ccc(NC(=O)COC(=O)/C=C/c2cnn(Cc3ccccc3)c2)cc1F. The summed E-state index contributed by atoms with van der Waals surface area (Å²) < 4.78 is 20.1. The number of esters is 1. The van der Waals surface area contributed by atoms with E-state index in [0.717, 1.165) is 11.1 Å². The summed E-state index contributed by atoms with van der Waals surface area (Å²) in [6.07, 6.45) is 6.22. The molecule has 3 aromatic rings. The summed E-state index contributed by atoms with van der Waals surface area (Å²) in [5.74, 6) is -1.63. The number of benzene rings is 2. The number of rotatable bonds is 7. The Kier molecular flexibility index (Phi) is 6.52. The zero-order valence-electron chi connectivity index (χ0n) is 15.8. The molecule has 0 aliphatic rings. The van der Waals surface area contributed by atoms with E-state index in [4.69, 9.17) is 4.74 Å². The van der Waals surface area contributed by atoms with Crippen molar-refractivity contribution in [3.8, 4) is 0 Å². The van der Waals surface area contributed by atoms with Gasteiger partial charge in [0.05, 0.1) is 12.7 Å². The van der Waals surface area contributed by atoms with Crippen molar-refractivity contribution in [1.82, 2.24) is 9.78 Å². The highest BCUT2D eigenvalue weighted by Gasteiger charge is 2.07. The van der Waals surface area contributed by atoms with Crippen molar-refractivity contribution in [1.29, 1.82) is 0 Å². The molecule has 0 aliphatic carbocycles. The Morgan fingerprint density at radius 3 is 2.76 bits per heavy atom. The smallest absolute Gasteiger partial charge is 0.331 e. The zero-order valence-corrected chi connectivity index (χ0v) is 15.8. The fraction of sp³-hybridized carbons (Fsp3) is 0.136. The number of halogens is 1. The number of aryl methyl sites for hydroxylation is 1. The van der Waals surface area contributed by atoms with Crippen LogP contribution in [0.2, 0.25) is 0 Å². The van der Waals surface area contributed by atoms with Crippen LogP contribution < -0.4 is 5.32 Å². The van der Waals surface area contributed by atoms with E-state index in [2.05, 4.69) is 10.4 Å². The molecule has 148 valence electrons. The molecule has 0 bridgehead atoms. The Morgan fingerprint density at radius 2 is 2.00 bits per heavy atom. The van der Waals surface area contributed by atoms with Crippen LogP contribution in [0.4, 0.5) is 10.1 Å². The number of carbonyl (C=O) groups excluding carboxylic acids is 2. The summed E-state index contributed by atoms with van der Waals surface area (Å²) in [4.78, 5) is 23.6. The minimum Gasteiger partial charge on any atom is -0.452 e. The van der Waals surface area contributed by atoms with Crippen molar-refractivity contribution in [3.05, 3.63) is 89.5 Å². The van der Waals surface area contributed by atoms with Crippen LogP contribution in [0.5, 0.6) is 0 Å². The van der Waals surface area contributed by atoms with E-state index in [0.29, 0.717) is 17.8 Å². The maximum Gasteiger partial charge on any atom is 0.331 e. The maximum atomic E-state index is 13.5. The number of hydrogen-bond donors (Lipinski definition) is 1. The fourth-order valence-corrected chi connectivity index (χ4v) is 2.54. The molecular formula is C22H20FN3O3. The van der Waals surface area contributed by atoms with Gasteiger partial charge in [-0.25, -0.2) is 9.18 Å². The molecule has 0 fully saturated rings. The van der Waals surface area contributed by atoms with E-state index in [1.165, 1.54) is 12.1 Å². The molecule has 0 atom stereocenters. The van der Waals surface area contributed by atoms with Gasteiger partial charge in [0.2, 0.25) is 0 Å². The van der Waals surface area contributed by atoms with Crippen molar-refractivity contribution < 1.29 is 18.7 Å². The van der Waals surface area contributed by atoms with E-state index in [1.807, 2.05) is 30.3 Å². The number of amides is 1. The molecule has 0 unspecified atom stereocenters. The highest BCUT2D eigenvalue weighted by molar-refractivity contribution is 5.94. The predicted octanol–water partition coefficient (Wildman–Crippen LogP) is 3.57. The van der Waals surface area contributed by atoms with E-state index in [-0.39, 0.29) is 0 Å². The Balaban J connectivity index is 1.46. The quantitative estimate of drug-likeness (QED) is 0.492. The lowest BCUT2D eigenvalue weighted by Crippen LogP contribution is -2.20. The van der Waals surface area contributed by atoms with Gasteiger partial charge < -0.3 is 10.1 Å². The van der Waals surface area contributed by atoms with Crippen LogP contribution in [0.15, 0.2) is 67.0 Å². The molecule has 6 nitrogen and oxygen atoms in total. The van der Waals surface area contributed by atoms with Gasteiger partial charge in [-0.2, -0.15) is 5.10 Å². The largest absolute Gasteiger partial charge is 0.452 e. The van der Waals surface area contributed by atoms with Gasteiger partial charge in [0.1, 0.15) is 5.82 Å². The molecule has 0 saturated heterocycles. The predicted molar refractivity (Wildman–Crippen MR) is 108 cm³/mol. The van der Waals surface area contributed by atoms with Crippen LogP contribution in [-0.2, 0) is 20.9 Å². The second kappa shape index (κ2) is 9.45. The Morgan fingerprint density at radius 1 is 1.21 bits per heavy atom. The zero-order chi connectivity index (χ0) is 20.6. The number of nitrogens with zero attached hydrogens (tertiary/aromatic N) is 2. The van der Waals surface area contributed by atoms with Crippen LogP contribution >= 0.6 is 0 Å². The topological polar surface area (TPSA) is 73.2 Å². The van der Waals surface area contributed by atoms with Gasteiger partial charge in [0, 0.05) is 23.5 Å². The number of anilines is 1. The first-order chi connectivity index (χ1) is 14.0. The first-order valence-corrected chi connectivity index (χ1v) is 8.97. The molecule has 3 rings (SSSR count). The second-order valence-corrected chi connectivity index (χ2v) is 6.41. The standard InChI is InChI=1S/C22H20FN3O3/c1-16-7-9-19(11-20(16)23)25-21(27)15-29-22(28)10-8-18-12-24-26(14-18)13-17-5-3-2-4-6-17/h2-12,14H,13,15H2,1H3,(H,25,27)/b10-8+. The van der Waals surface area contributed by atoms with E-state index >= 15 is 0 Å². The monoisotopic (exact) mass is 393 g/mol. The van der Waals surface area contributed by atoms with Gasteiger partial charge in [-0.15, -0.1) is 0 Å². The van der Waals surface area contributed by atoms with Crippen LogP contribution in [0.1, 0.15) is 16.7 Å². The van der Waals surface area contributed by atoms with Crippen molar-refractivity contribution in [3.63, 3.8) is 0 Å². The molecule has 0 saturated carbocycles. The maximum absolute atomic E-state index is 13.5. The second-order valence-electron chi connectivity index (χ2n) is 6.41. The Bertz CT molecular complexity index is 1030. The third-order valence-corrected chi connectivity index (χ3v) is 4.05. The fourth-order valence-electron chi connectivity index (χ4n) is 2.54. The molecule has 0 spiro atoms. The van der Waals surface area contributed by atoms with Gasteiger partial charge in [-0.1, -0.05) is 36.4 Å². The number of ether oxygens (including phenoxy) is 1. The lowest BCUT2D eigenvalue weighted by atomic mass is 10.2. The van der Waals surface area contributed by atoms with Gasteiger partial charge >= 0.3 is 5.97 Å². The first-order valence-electron chi connectivity index (χ1n) is 8.97. The number of carbonyl (C=O) groups is 2. The summed E-state index contributed by atoms with van der Waals surface area (Å²) in [5.41, 5.74) is 2.63. The number of nitrogens with one attached hydrogen (secondary N) is 1. The molecule has 1 aromatic heterocycles. The first kappa shape index (κ1) is 20.0. The van der Waals surface area contributed by atoms with Gasteiger partial charge in [0.25, 0.3) is 5.91 Å². The summed E-state index contributed by atoms with van der Waals surface area (Å²) in [6.45, 7) is 1.78. The van der Waals surface area contributed by atoms with Crippen LogP contribution in [0.25, 0.3) is 6.08 Å². The summed E-state index contributed by atoms with van der Waals surface area (Å²) in [6, 6.07) is 14.2. The summed E-state index contributed by atoms with van der Waals surface area (Å²) >= 11 is 0. The van der Waals surface area contributed by atoms with E-state index in [9.17, 15) is 14.0 Å². The van der Waals surface area contributed by atoms with E-state index < -0.39 is 24.3 Å². The number of aromatic nitrogens is 2. The highest BCUT2D eigenvalue weighted by atomic mass is 19.1. The third kappa shape index (κ3) is 6.14. The van der Waals surface area contributed by atoms with Crippen LogP contribution in [-0.4, -0.2) is 28.3 Å². The lowest BCUT2D eigenvalue weighted by molar-refractivity contribution is -0.142. The van der Waals surface area contributed by atoms with Crippen molar-refractivity contribution in [2.45, 2.75) is 13.5 Å². The van der Waals surface area contributed by atoms with Crippen LogP contribution in [0.3, 0.4) is 0 Å². The molecule has 1 heterocycles. The lowest BCUT2D eigenvalue weighted by Gasteiger charge is -2.06. The molecule has 1 N–H and O–H groups in total. The minimum absolute atomic E-state index is 0.301. The minimum atomic E-state index is -0.661. The molecule has 7 heteroatoms. The third-order valence-electron chi connectivity index (χ3n) is 4.05. The Hall–Kier alpha value is -3.74. The van der Waals surface area contributed by atoms with Gasteiger partial charge in [0.15, 0.2) is 6.61 Å². The van der Waals surface area contributed by atoms with Gasteiger partial charge in [-0.05, 0) is 36.3 Å². The van der Waals surface area contributed by atoms with Crippen molar-refractivity contribution in [2.75, 3.05) is 11.9 Å². The van der Waals surface area contributed by atoms with Gasteiger partial charge in [-0.3, -0.25) is 9.48 Å². The van der Waals surface area contributed by atoms with Crippen LogP contribution in [0, 0.1) is 12.7 Å². The highest BCUT2D eigenvalue weighted by Crippen LogP contribution is 2.13. The molecule has 29 heavy (non-hydrogen) atoms. The molecule has 0 radical (unpaired) electrons. The number of hydrogen-bond acceptors (Lipinski definition) is 4. The molecule has 0 aliphatic heterocycles. The van der Waals surface area contributed by atoms with E-state index in [1.54, 1.807) is 42.2 Å².